The van der Waals surface area contributed by atoms with Gasteiger partial charge in [-0.25, -0.2) is 0 Å². The summed E-state index contributed by atoms with van der Waals surface area (Å²) in [5.74, 6) is 2.23. The summed E-state index contributed by atoms with van der Waals surface area (Å²) in [4.78, 5) is 6.45. The maximum Gasteiger partial charge on any atom is 0.165 e. The van der Waals surface area contributed by atoms with E-state index in [0.29, 0.717) is 12.5 Å². The van der Waals surface area contributed by atoms with Gasteiger partial charge in [0, 0.05) is 23.1 Å². The van der Waals surface area contributed by atoms with Gasteiger partial charge in [0.2, 0.25) is 0 Å². The van der Waals surface area contributed by atoms with Crippen LogP contribution in [0.5, 0.6) is 0 Å². The average molecular weight is 395 g/mol. The molecule has 0 saturated carbocycles. The van der Waals surface area contributed by atoms with Gasteiger partial charge in [0.1, 0.15) is 16.9 Å². The minimum absolute atomic E-state index is 0.190. The number of aromatic nitrogens is 3. The highest BCUT2D eigenvalue weighted by molar-refractivity contribution is 7.15. The van der Waals surface area contributed by atoms with Crippen molar-refractivity contribution in [1.82, 2.24) is 14.8 Å². The van der Waals surface area contributed by atoms with E-state index < -0.39 is 0 Å². The molecule has 0 amide bonds. The lowest BCUT2D eigenvalue weighted by Crippen LogP contribution is -2.11. The highest BCUT2D eigenvalue weighted by Crippen LogP contribution is 2.38. The lowest BCUT2D eigenvalue weighted by atomic mass is 9.96. The Morgan fingerprint density at radius 3 is 2.46 bits per heavy atom. The van der Waals surface area contributed by atoms with E-state index in [-0.39, 0.29) is 6.04 Å². The first-order valence-electron chi connectivity index (χ1n) is 9.62. The lowest BCUT2D eigenvalue weighted by molar-refractivity contribution is 0.178. The van der Waals surface area contributed by atoms with E-state index >= 15 is 0 Å². The molecule has 1 aromatic carbocycles. The van der Waals surface area contributed by atoms with Crippen molar-refractivity contribution in [1.29, 1.82) is 0 Å². The van der Waals surface area contributed by atoms with Crippen LogP contribution in [0.4, 0.5) is 0 Å². The first-order valence-corrected chi connectivity index (χ1v) is 10.4. The minimum Gasteiger partial charge on any atom is -0.382 e. The smallest absolute Gasteiger partial charge is 0.165 e. The molecule has 1 aliphatic heterocycles. The molecule has 1 unspecified atom stereocenters. The monoisotopic (exact) mass is 394 g/mol. The largest absolute Gasteiger partial charge is 0.382 e. The van der Waals surface area contributed by atoms with Gasteiger partial charge in [-0.15, -0.1) is 21.5 Å². The van der Waals surface area contributed by atoms with E-state index in [0.717, 1.165) is 27.9 Å². The summed E-state index contributed by atoms with van der Waals surface area (Å²) >= 11 is 1.78. The van der Waals surface area contributed by atoms with Crippen LogP contribution in [0.25, 0.3) is 5.00 Å². The Morgan fingerprint density at radius 1 is 1.11 bits per heavy atom. The fourth-order valence-electron chi connectivity index (χ4n) is 3.68. The van der Waals surface area contributed by atoms with Crippen molar-refractivity contribution in [2.24, 2.45) is 4.99 Å². The number of hydrogen-bond donors (Lipinski definition) is 0. The van der Waals surface area contributed by atoms with Gasteiger partial charge in [0.15, 0.2) is 5.82 Å². The Kier molecular flexibility index (Phi) is 4.93. The fourth-order valence-corrected chi connectivity index (χ4v) is 4.90. The van der Waals surface area contributed by atoms with Crippen LogP contribution in [0, 0.1) is 20.8 Å². The van der Waals surface area contributed by atoms with Crippen LogP contribution < -0.4 is 0 Å². The third kappa shape index (κ3) is 3.01. The first kappa shape index (κ1) is 19.0. The zero-order chi connectivity index (χ0) is 20.0. The molecule has 2 aromatic heterocycles. The van der Waals surface area contributed by atoms with Crippen molar-refractivity contribution in [3.05, 3.63) is 63.0 Å². The molecule has 0 radical (unpaired) electrons. The van der Waals surface area contributed by atoms with Gasteiger partial charge >= 0.3 is 0 Å². The third-order valence-corrected chi connectivity index (χ3v) is 6.61. The Morgan fingerprint density at radius 2 is 1.82 bits per heavy atom. The summed E-state index contributed by atoms with van der Waals surface area (Å²) in [7, 11) is 1.70. The second kappa shape index (κ2) is 7.26. The molecule has 1 aliphatic rings. The highest BCUT2D eigenvalue weighted by atomic mass is 32.1. The molecule has 4 rings (SSSR count). The lowest BCUT2D eigenvalue weighted by Gasteiger charge is -2.12. The normalized spacial score (nSPS) is 16.0. The van der Waals surface area contributed by atoms with E-state index in [9.17, 15) is 0 Å². The molecule has 0 N–H and O–H groups in total. The maximum absolute atomic E-state index is 5.48. The molecule has 0 saturated heterocycles. The summed E-state index contributed by atoms with van der Waals surface area (Å²) < 4.78 is 7.64. The highest BCUT2D eigenvalue weighted by Gasteiger charge is 2.31. The van der Waals surface area contributed by atoms with Crippen LogP contribution in [0.1, 0.15) is 64.6 Å². The third-order valence-electron chi connectivity index (χ3n) is 5.41. The molecule has 146 valence electrons. The minimum atomic E-state index is -0.190. The predicted molar refractivity (Wildman–Crippen MR) is 114 cm³/mol. The number of nitrogens with zero attached hydrogens (tertiary/aromatic N) is 4. The Balaban J connectivity index is 1.97. The predicted octanol–water partition coefficient (Wildman–Crippen LogP) is 4.92. The molecule has 28 heavy (non-hydrogen) atoms. The molecule has 1 atom stereocenters. The first-order chi connectivity index (χ1) is 13.4. The number of aliphatic imine (C=N–C) groups is 1. The van der Waals surface area contributed by atoms with Crippen LogP contribution in [0.3, 0.4) is 0 Å². The van der Waals surface area contributed by atoms with Crippen molar-refractivity contribution in [2.75, 3.05) is 13.7 Å². The van der Waals surface area contributed by atoms with Gasteiger partial charge < -0.3 is 4.74 Å². The molecule has 0 aliphatic carbocycles. The standard InChI is InChI=1S/C22H26N4OS/c1-12(2)16-7-9-17(10-8-16)20-19-13(3)14(4)28-22(19)26-15(5)24-25-21(26)18(23-20)11-27-6/h7-10,12,18H,11H2,1-6H3. The zero-order valence-corrected chi connectivity index (χ0v) is 18.1. The summed E-state index contributed by atoms with van der Waals surface area (Å²) in [5.41, 5.74) is 5.92. The number of rotatable bonds is 4. The van der Waals surface area contributed by atoms with E-state index in [4.69, 9.17) is 9.73 Å². The summed E-state index contributed by atoms with van der Waals surface area (Å²) in [5, 5.41) is 9.94. The number of aryl methyl sites for hydroxylation is 2. The Labute approximate surface area is 170 Å². The molecule has 3 aromatic rings. The second-order valence-electron chi connectivity index (χ2n) is 7.63. The molecule has 3 heterocycles. The number of thiophene rings is 1. The van der Waals surface area contributed by atoms with Gasteiger partial charge in [-0.2, -0.15) is 0 Å². The van der Waals surface area contributed by atoms with Crippen molar-refractivity contribution < 1.29 is 4.74 Å². The van der Waals surface area contributed by atoms with Crippen LogP contribution in [0.2, 0.25) is 0 Å². The number of hydrogen-bond acceptors (Lipinski definition) is 5. The summed E-state index contributed by atoms with van der Waals surface area (Å²) in [6.45, 7) is 11.2. The zero-order valence-electron chi connectivity index (χ0n) is 17.3. The molecule has 0 bridgehead atoms. The van der Waals surface area contributed by atoms with E-state index in [1.54, 1.807) is 18.4 Å². The van der Waals surface area contributed by atoms with Crippen molar-refractivity contribution in [3.63, 3.8) is 0 Å². The fraction of sp³-hybridized carbons (Fsp3) is 0.409. The van der Waals surface area contributed by atoms with E-state index in [1.807, 2.05) is 6.92 Å². The number of methoxy groups -OCH3 is 1. The van der Waals surface area contributed by atoms with Crippen LogP contribution in [-0.2, 0) is 4.74 Å². The molecule has 5 nitrogen and oxygen atoms in total. The van der Waals surface area contributed by atoms with Crippen molar-refractivity contribution >= 4 is 17.0 Å². The SMILES string of the molecule is COCC1N=C(c2ccc(C(C)C)cc2)c2c(sc(C)c2C)-n2c(C)nnc21. The maximum atomic E-state index is 5.48. The summed E-state index contributed by atoms with van der Waals surface area (Å²) in [6, 6.07) is 8.60. The Bertz CT molecular complexity index is 1040. The van der Waals surface area contributed by atoms with Crippen LogP contribution in [0.15, 0.2) is 29.3 Å². The van der Waals surface area contributed by atoms with Crippen molar-refractivity contribution in [3.8, 4) is 5.00 Å². The summed E-state index contributed by atoms with van der Waals surface area (Å²) in [6.07, 6.45) is 0. The topological polar surface area (TPSA) is 52.3 Å². The van der Waals surface area contributed by atoms with Gasteiger partial charge in [-0.1, -0.05) is 38.1 Å². The molecule has 0 spiro atoms. The van der Waals surface area contributed by atoms with E-state index in [2.05, 4.69) is 66.7 Å². The molecule has 0 fully saturated rings. The molecular formula is C22H26N4OS. The Hall–Kier alpha value is -2.31. The van der Waals surface area contributed by atoms with Crippen LogP contribution >= 0.6 is 11.3 Å². The van der Waals surface area contributed by atoms with Crippen LogP contribution in [-0.4, -0.2) is 34.2 Å². The van der Waals surface area contributed by atoms with Crippen molar-refractivity contribution in [2.45, 2.75) is 46.6 Å². The number of fused-ring (bicyclic) bond motifs is 3. The number of benzene rings is 1. The quantitative estimate of drug-likeness (QED) is 0.631. The van der Waals surface area contributed by atoms with Gasteiger partial charge in [0.05, 0.1) is 12.3 Å². The van der Waals surface area contributed by atoms with Gasteiger partial charge in [0.25, 0.3) is 0 Å². The van der Waals surface area contributed by atoms with E-state index in [1.165, 1.54) is 21.6 Å². The molecular weight excluding hydrogens is 368 g/mol. The second-order valence-corrected chi connectivity index (χ2v) is 8.83. The number of ether oxygens (including phenoxy) is 1. The van der Waals surface area contributed by atoms with Gasteiger partial charge in [-0.3, -0.25) is 9.56 Å². The van der Waals surface area contributed by atoms with Gasteiger partial charge in [-0.05, 0) is 37.8 Å². The average Bonchev–Trinajstić information content (AvgIpc) is 3.14. The molecule has 6 heteroatoms.